The normalized spacial score (nSPS) is 13.1. The first-order valence-corrected chi connectivity index (χ1v) is 5.30. The zero-order chi connectivity index (χ0) is 12.1. The summed E-state index contributed by atoms with van der Waals surface area (Å²) in [5.41, 5.74) is -0.00875. The van der Waals surface area contributed by atoms with Crippen LogP contribution in [0.2, 0.25) is 0 Å². The van der Waals surface area contributed by atoms with E-state index in [1.165, 1.54) is 18.2 Å². The van der Waals surface area contributed by atoms with Crippen molar-refractivity contribution in [2.45, 2.75) is 26.1 Å². The predicted octanol–water partition coefficient (Wildman–Crippen LogP) is 2.65. The summed E-state index contributed by atoms with van der Waals surface area (Å²) in [7, 11) is 1.72. The van der Waals surface area contributed by atoms with E-state index >= 15 is 0 Å². The number of ether oxygens (including phenoxy) is 1. The van der Waals surface area contributed by atoms with Crippen LogP contribution in [-0.4, -0.2) is 19.7 Å². The lowest BCUT2D eigenvalue weighted by atomic mass is 10.1. The first-order valence-electron chi connectivity index (χ1n) is 5.30. The minimum atomic E-state index is -0.605. The third-order valence-corrected chi connectivity index (χ3v) is 2.15. The molecule has 2 nitrogen and oxygen atoms in total. The lowest BCUT2D eigenvalue weighted by molar-refractivity contribution is 0.00426. The number of halogens is 2. The molecule has 1 rings (SSSR count). The van der Waals surface area contributed by atoms with Gasteiger partial charge in [0.25, 0.3) is 0 Å². The Hall–Kier alpha value is -1.00. The molecule has 0 amide bonds. The third-order valence-electron chi connectivity index (χ3n) is 2.15. The van der Waals surface area contributed by atoms with Crippen LogP contribution in [-0.2, 0) is 4.74 Å². The van der Waals surface area contributed by atoms with Crippen LogP contribution in [0, 0.1) is 11.6 Å². The van der Waals surface area contributed by atoms with Gasteiger partial charge in [-0.2, -0.15) is 0 Å². The molecule has 0 heterocycles. The van der Waals surface area contributed by atoms with E-state index in [0.29, 0.717) is 6.54 Å². The second-order valence-corrected chi connectivity index (χ2v) is 3.87. The highest BCUT2D eigenvalue weighted by Gasteiger charge is 2.21. The molecule has 90 valence electrons. The van der Waals surface area contributed by atoms with E-state index in [-0.39, 0.29) is 11.7 Å². The average molecular weight is 229 g/mol. The second-order valence-electron chi connectivity index (χ2n) is 3.87. The molecule has 1 aromatic carbocycles. The van der Waals surface area contributed by atoms with E-state index in [4.69, 9.17) is 4.74 Å². The minimum Gasteiger partial charge on any atom is -0.369 e. The van der Waals surface area contributed by atoms with Crippen molar-refractivity contribution >= 4 is 0 Å². The van der Waals surface area contributed by atoms with Gasteiger partial charge in [-0.25, -0.2) is 8.78 Å². The molecular formula is C12H17F2NO. The van der Waals surface area contributed by atoms with E-state index in [9.17, 15) is 8.78 Å². The van der Waals surface area contributed by atoms with E-state index in [0.717, 1.165) is 0 Å². The number of benzene rings is 1. The van der Waals surface area contributed by atoms with Gasteiger partial charge < -0.3 is 10.1 Å². The maximum Gasteiger partial charge on any atom is 0.132 e. The minimum absolute atomic E-state index is 0.00875. The number of hydrogen-bond donors (Lipinski definition) is 1. The maximum atomic E-state index is 13.5. The van der Waals surface area contributed by atoms with Crippen molar-refractivity contribution in [2.24, 2.45) is 0 Å². The summed E-state index contributed by atoms with van der Waals surface area (Å²) in [6, 6.07) is 3.83. The van der Waals surface area contributed by atoms with Gasteiger partial charge in [-0.05, 0) is 33.0 Å². The molecule has 0 saturated heterocycles. The fourth-order valence-corrected chi connectivity index (χ4v) is 1.55. The Morgan fingerprint density at radius 2 is 1.81 bits per heavy atom. The molecule has 0 fully saturated rings. The number of rotatable bonds is 5. The van der Waals surface area contributed by atoms with Crippen molar-refractivity contribution in [3.05, 3.63) is 35.4 Å². The smallest absolute Gasteiger partial charge is 0.132 e. The Labute approximate surface area is 94.6 Å². The van der Waals surface area contributed by atoms with Crippen LogP contribution in [0.1, 0.15) is 25.5 Å². The fraction of sp³-hybridized carbons (Fsp3) is 0.500. The van der Waals surface area contributed by atoms with Gasteiger partial charge >= 0.3 is 0 Å². The Bertz CT molecular complexity index is 322. The van der Waals surface area contributed by atoms with Crippen molar-refractivity contribution in [1.29, 1.82) is 0 Å². The first-order chi connectivity index (χ1) is 7.56. The highest BCUT2D eigenvalue weighted by Crippen LogP contribution is 2.24. The van der Waals surface area contributed by atoms with Gasteiger partial charge in [0.15, 0.2) is 0 Å². The third kappa shape index (κ3) is 3.25. The van der Waals surface area contributed by atoms with Crippen LogP contribution < -0.4 is 5.32 Å². The largest absolute Gasteiger partial charge is 0.369 e. The number of likely N-dealkylation sites (N-methyl/N-ethyl adjacent to an activating group) is 1. The topological polar surface area (TPSA) is 21.3 Å². The summed E-state index contributed by atoms with van der Waals surface area (Å²) < 4.78 is 32.5. The maximum absolute atomic E-state index is 13.5. The van der Waals surface area contributed by atoms with Crippen molar-refractivity contribution in [3.8, 4) is 0 Å². The fourth-order valence-electron chi connectivity index (χ4n) is 1.55. The molecule has 0 aliphatic rings. The van der Waals surface area contributed by atoms with Gasteiger partial charge in [0.2, 0.25) is 0 Å². The van der Waals surface area contributed by atoms with Crippen LogP contribution in [0.25, 0.3) is 0 Å². The summed E-state index contributed by atoms with van der Waals surface area (Å²) in [5, 5.41) is 2.87. The van der Waals surface area contributed by atoms with Crippen LogP contribution in [0.15, 0.2) is 18.2 Å². The summed E-state index contributed by atoms with van der Waals surface area (Å²) in [5.74, 6) is -1.14. The number of nitrogens with one attached hydrogen (secondary N) is 1. The van der Waals surface area contributed by atoms with Crippen molar-refractivity contribution < 1.29 is 13.5 Å². The highest BCUT2D eigenvalue weighted by molar-refractivity contribution is 5.22. The van der Waals surface area contributed by atoms with Crippen LogP contribution in [0.3, 0.4) is 0 Å². The lowest BCUT2D eigenvalue weighted by Gasteiger charge is -2.21. The molecule has 4 heteroatoms. The van der Waals surface area contributed by atoms with E-state index in [1.54, 1.807) is 7.05 Å². The Kier molecular flexibility index (Phi) is 4.83. The van der Waals surface area contributed by atoms with Crippen molar-refractivity contribution in [2.75, 3.05) is 13.6 Å². The van der Waals surface area contributed by atoms with E-state index in [1.807, 2.05) is 13.8 Å². The monoisotopic (exact) mass is 229 g/mol. The molecular weight excluding hydrogens is 212 g/mol. The average Bonchev–Trinajstić information content (AvgIpc) is 2.16. The SMILES string of the molecule is CNCC(OC(C)C)c1c(F)cccc1F. The highest BCUT2D eigenvalue weighted by atomic mass is 19.1. The zero-order valence-corrected chi connectivity index (χ0v) is 9.76. The first kappa shape index (κ1) is 13.1. The number of hydrogen-bond acceptors (Lipinski definition) is 2. The summed E-state index contributed by atoms with van der Waals surface area (Å²) >= 11 is 0. The van der Waals surface area contributed by atoms with Gasteiger partial charge in [-0.1, -0.05) is 6.07 Å². The molecule has 0 aromatic heterocycles. The quantitative estimate of drug-likeness (QED) is 0.838. The van der Waals surface area contributed by atoms with Gasteiger partial charge in [0.05, 0.1) is 11.7 Å². The van der Waals surface area contributed by atoms with Crippen LogP contribution >= 0.6 is 0 Å². The molecule has 0 spiro atoms. The Balaban J connectivity index is 3.00. The molecule has 16 heavy (non-hydrogen) atoms. The molecule has 0 aliphatic heterocycles. The van der Waals surface area contributed by atoms with Crippen LogP contribution in [0.5, 0.6) is 0 Å². The molecule has 1 unspecified atom stereocenters. The van der Waals surface area contributed by atoms with E-state index in [2.05, 4.69) is 5.32 Å². The van der Waals surface area contributed by atoms with Crippen molar-refractivity contribution in [1.82, 2.24) is 5.32 Å². The summed E-state index contributed by atoms with van der Waals surface area (Å²) in [6.07, 6.45) is -0.691. The molecule has 1 atom stereocenters. The summed E-state index contributed by atoms with van der Waals surface area (Å²) in [6.45, 7) is 4.04. The molecule has 1 aromatic rings. The Morgan fingerprint density at radius 3 is 2.25 bits per heavy atom. The van der Waals surface area contributed by atoms with Gasteiger partial charge in [-0.15, -0.1) is 0 Å². The second kappa shape index (κ2) is 5.92. The summed E-state index contributed by atoms with van der Waals surface area (Å²) in [4.78, 5) is 0. The molecule has 0 radical (unpaired) electrons. The molecule has 1 N–H and O–H groups in total. The zero-order valence-electron chi connectivity index (χ0n) is 9.76. The standard InChI is InChI=1S/C12H17F2NO/c1-8(2)16-11(7-15-3)12-9(13)5-4-6-10(12)14/h4-6,8,11,15H,7H2,1-3H3. The van der Waals surface area contributed by atoms with Gasteiger partial charge in [-0.3, -0.25) is 0 Å². The lowest BCUT2D eigenvalue weighted by Crippen LogP contribution is -2.24. The molecule has 0 bridgehead atoms. The van der Waals surface area contributed by atoms with Gasteiger partial charge in [0, 0.05) is 6.54 Å². The van der Waals surface area contributed by atoms with Crippen molar-refractivity contribution in [3.63, 3.8) is 0 Å². The molecule has 0 saturated carbocycles. The van der Waals surface area contributed by atoms with E-state index < -0.39 is 17.7 Å². The predicted molar refractivity (Wildman–Crippen MR) is 59.2 cm³/mol. The van der Waals surface area contributed by atoms with Gasteiger partial charge in [0.1, 0.15) is 17.7 Å². The Morgan fingerprint density at radius 1 is 1.25 bits per heavy atom. The molecule has 0 aliphatic carbocycles. The van der Waals surface area contributed by atoms with Crippen LogP contribution in [0.4, 0.5) is 8.78 Å².